The van der Waals surface area contributed by atoms with Gasteiger partial charge < -0.3 is 14.9 Å². The average Bonchev–Trinajstić information content (AvgIpc) is 2.93. The fourth-order valence-electron chi connectivity index (χ4n) is 1.97. The Morgan fingerprint density at radius 3 is 2.55 bits per heavy atom. The van der Waals surface area contributed by atoms with Crippen LogP contribution in [-0.4, -0.2) is 28.4 Å². The highest BCUT2D eigenvalue weighted by molar-refractivity contribution is 7.98. The lowest BCUT2D eigenvalue weighted by atomic mass is 10.0. The molecular formula is C15H16N2O4S. The third-order valence-corrected chi connectivity index (χ3v) is 3.81. The Morgan fingerprint density at radius 2 is 2.05 bits per heavy atom. The van der Waals surface area contributed by atoms with Crippen molar-refractivity contribution in [3.63, 3.8) is 0 Å². The first-order valence-corrected chi connectivity index (χ1v) is 7.82. The zero-order valence-electron chi connectivity index (χ0n) is 12.2. The van der Waals surface area contributed by atoms with Gasteiger partial charge in [-0.2, -0.15) is 0 Å². The van der Waals surface area contributed by atoms with Gasteiger partial charge in [0, 0.05) is 11.0 Å². The Balaban J connectivity index is 2.18. The number of aliphatic carboxylic acids is 1. The molecule has 0 aliphatic carbocycles. The summed E-state index contributed by atoms with van der Waals surface area (Å²) in [6.45, 7) is 1.68. The standard InChI is InChI=1S/C15H16N2O4S/c1-9-7-13(17-21-9)15(20)16-12(8-14(18)19)10-3-5-11(22-2)6-4-10/h3-7,12H,8H2,1-2H3,(H,16,20)(H,18,19). The fourth-order valence-corrected chi connectivity index (χ4v) is 2.38. The summed E-state index contributed by atoms with van der Waals surface area (Å²) >= 11 is 1.59. The fraction of sp³-hybridized carbons (Fsp3) is 0.267. The van der Waals surface area contributed by atoms with Crippen LogP contribution in [0.25, 0.3) is 0 Å². The summed E-state index contributed by atoms with van der Waals surface area (Å²) in [4.78, 5) is 24.2. The minimum Gasteiger partial charge on any atom is -0.481 e. The van der Waals surface area contributed by atoms with E-state index in [1.54, 1.807) is 18.7 Å². The summed E-state index contributed by atoms with van der Waals surface area (Å²) in [6, 6.07) is 8.28. The molecule has 116 valence electrons. The molecule has 0 spiro atoms. The number of aromatic nitrogens is 1. The van der Waals surface area contributed by atoms with Gasteiger partial charge >= 0.3 is 5.97 Å². The SMILES string of the molecule is CSc1ccc(C(CC(=O)O)NC(=O)c2cc(C)on2)cc1. The van der Waals surface area contributed by atoms with E-state index in [1.807, 2.05) is 30.5 Å². The van der Waals surface area contributed by atoms with Gasteiger partial charge in [0.25, 0.3) is 5.91 Å². The summed E-state index contributed by atoms with van der Waals surface area (Å²) in [5, 5.41) is 15.4. The minimum absolute atomic E-state index is 0.133. The van der Waals surface area contributed by atoms with E-state index in [0.29, 0.717) is 5.76 Å². The molecular weight excluding hydrogens is 304 g/mol. The summed E-state index contributed by atoms with van der Waals surface area (Å²) in [7, 11) is 0. The highest BCUT2D eigenvalue weighted by atomic mass is 32.2. The highest BCUT2D eigenvalue weighted by Gasteiger charge is 2.20. The molecule has 0 fully saturated rings. The molecule has 0 saturated heterocycles. The van der Waals surface area contributed by atoms with Gasteiger partial charge in [0.1, 0.15) is 5.76 Å². The molecule has 2 N–H and O–H groups in total. The zero-order valence-corrected chi connectivity index (χ0v) is 13.0. The number of benzene rings is 1. The lowest BCUT2D eigenvalue weighted by Crippen LogP contribution is -2.30. The number of hydrogen-bond donors (Lipinski definition) is 2. The maximum Gasteiger partial charge on any atom is 0.305 e. The Labute approximate surface area is 131 Å². The molecule has 0 radical (unpaired) electrons. The Kier molecular flexibility index (Phi) is 5.21. The zero-order chi connectivity index (χ0) is 16.1. The van der Waals surface area contributed by atoms with Crippen LogP contribution < -0.4 is 5.32 Å². The number of carboxylic acids is 1. The maximum atomic E-state index is 12.1. The lowest BCUT2D eigenvalue weighted by molar-refractivity contribution is -0.137. The van der Waals surface area contributed by atoms with Crippen molar-refractivity contribution in [2.45, 2.75) is 24.3 Å². The third-order valence-electron chi connectivity index (χ3n) is 3.06. The molecule has 2 rings (SSSR count). The Hall–Kier alpha value is -2.28. The van der Waals surface area contributed by atoms with Crippen molar-refractivity contribution in [3.05, 3.63) is 47.3 Å². The number of aryl methyl sites for hydroxylation is 1. The van der Waals surface area contributed by atoms with Crippen molar-refractivity contribution in [2.75, 3.05) is 6.26 Å². The van der Waals surface area contributed by atoms with Crippen LogP contribution in [-0.2, 0) is 4.79 Å². The van der Waals surface area contributed by atoms with Gasteiger partial charge in [-0.15, -0.1) is 11.8 Å². The van der Waals surface area contributed by atoms with Crippen LogP contribution in [0.15, 0.2) is 39.8 Å². The van der Waals surface area contributed by atoms with Gasteiger partial charge in [-0.3, -0.25) is 9.59 Å². The topological polar surface area (TPSA) is 92.4 Å². The van der Waals surface area contributed by atoms with Crippen LogP contribution >= 0.6 is 11.8 Å². The van der Waals surface area contributed by atoms with Gasteiger partial charge in [0.05, 0.1) is 12.5 Å². The quantitative estimate of drug-likeness (QED) is 0.795. The van der Waals surface area contributed by atoms with Crippen molar-refractivity contribution < 1.29 is 19.2 Å². The van der Waals surface area contributed by atoms with Gasteiger partial charge in [0.15, 0.2) is 5.69 Å². The van der Waals surface area contributed by atoms with E-state index in [2.05, 4.69) is 10.5 Å². The molecule has 1 heterocycles. The number of rotatable bonds is 6. The first kappa shape index (κ1) is 16.1. The van der Waals surface area contributed by atoms with E-state index in [-0.39, 0.29) is 12.1 Å². The predicted octanol–water partition coefficient (Wildman–Crippen LogP) is 2.65. The van der Waals surface area contributed by atoms with Crippen LogP contribution in [0.5, 0.6) is 0 Å². The van der Waals surface area contributed by atoms with E-state index < -0.39 is 17.9 Å². The minimum atomic E-state index is -0.990. The van der Waals surface area contributed by atoms with E-state index in [1.165, 1.54) is 6.07 Å². The van der Waals surface area contributed by atoms with Crippen molar-refractivity contribution in [1.82, 2.24) is 10.5 Å². The van der Waals surface area contributed by atoms with Crippen molar-refractivity contribution in [1.29, 1.82) is 0 Å². The molecule has 7 heteroatoms. The van der Waals surface area contributed by atoms with Crippen LogP contribution in [0, 0.1) is 6.92 Å². The summed E-state index contributed by atoms with van der Waals surface area (Å²) in [5.74, 6) is -0.933. The number of nitrogens with zero attached hydrogens (tertiary/aromatic N) is 1. The number of carbonyl (C=O) groups excluding carboxylic acids is 1. The predicted molar refractivity (Wildman–Crippen MR) is 81.9 cm³/mol. The molecule has 1 aromatic heterocycles. The summed E-state index contributed by atoms with van der Waals surface area (Å²) < 4.78 is 4.85. The van der Waals surface area contributed by atoms with Crippen LogP contribution in [0.2, 0.25) is 0 Å². The molecule has 0 saturated carbocycles. The largest absolute Gasteiger partial charge is 0.481 e. The van der Waals surface area contributed by atoms with E-state index in [0.717, 1.165) is 10.5 Å². The van der Waals surface area contributed by atoms with Crippen molar-refractivity contribution in [2.24, 2.45) is 0 Å². The second-order valence-corrected chi connectivity index (χ2v) is 5.60. The number of thioether (sulfide) groups is 1. The molecule has 1 unspecified atom stereocenters. The molecule has 2 aromatic rings. The smallest absolute Gasteiger partial charge is 0.305 e. The van der Waals surface area contributed by atoms with Gasteiger partial charge in [-0.1, -0.05) is 17.3 Å². The maximum absolute atomic E-state index is 12.1. The van der Waals surface area contributed by atoms with E-state index in [9.17, 15) is 9.59 Å². The second kappa shape index (κ2) is 7.13. The van der Waals surface area contributed by atoms with Gasteiger partial charge in [-0.25, -0.2) is 0 Å². The summed E-state index contributed by atoms with van der Waals surface area (Å²) in [5.41, 5.74) is 0.863. The molecule has 0 aliphatic rings. The monoisotopic (exact) mass is 320 g/mol. The molecule has 1 amide bonds. The van der Waals surface area contributed by atoms with E-state index in [4.69, 9.17) is 9.63 Å². The van der Waals surface area contributed by atoms with E-state index >= 15 is 0 Å². The normalized spacial score (nSPS) is 11.9. The van der Waals surface area contributed by atoms with Crippen LogP contribution in [0.3, 0.4) is 0 Å². The molecule has 0 aliphatic heterocycles. The lowest BCUT2D eigenvalue weighted by Gasteiger charge is -2.17. The van der Waals surface area contributed by atoms with Gasteiger partial charge in [-0.05, 0) is 30.9 Å². The molecule has 0 bridgehead atoms. The Bertz CT molecular complexity index is 666. The second-order valence-electron chi connectivity index (χ2n) is 4.72. The van der Waals surface area contributed by atoms with Gasteiger partial charge in [0.2, 0.25) is 0 Å². The number of amides is 1. The first-order chi connectivity index (χ1) is 10.5. The number of carboxylic acid groups (broad SMARTS) is 1. The summed E-state index contributed by atoms with van der Waals surface area (Å²) in [6.07, 6.45) is 1.75. The van der Waals surface area contributed by atoms with Crippen molar-refractivity contribution >= 4 is 23.6 Å². The molecule has 1 aromatic carbocycles. The average molecular weight is 320 g/mol. The third kappa shape index (κ3) is 4.11. The molecule has 6 nitrogen and oxygen atoms in total. The van der Waals surface area contributed by atoms with Crippen molar-refractivity contribution in [3.8, 4) is 0 Å². The Morgan fingerprint density at radius 1 is 1.36 bits per heavy atom. The molecule has 1 atom stereocenters. The molecule has 22 heavy (non-hydrogen) atoms. The number of nitrogens with one attached hydrogen (secondary N) is 1. The van der Waals surface area contributed by atoms with Crippen LogP contribution in [0.4, 0.5) is 0 Å². The first-order valence-electron chi connectivity index (χ1n) is 6.59. The highest BCUT2D eigenvalue weighted by Crippen LogP contribution is 2.21. The number of carbonyl (C=O) groups is 2. The number of hydrogen-bond acceptors (Lipinski definition) is 5. The van der Waals surface area contributed by atoms with Crippen LogP contribution in [0.1, 0.15) is 34.3 Å².